The lowest BCUT2D eigenvalue weighted by molar-refractivity contribution is -0.184. The van der Waals surface area contributed by atoms with E-state index >= 15 is 0 Å². The molecule has 62 heavy (non-hydrogen) atoms. The van der Waals surface area contributed by atoms with Crippen molar-refractivity contribution in [1.29, 1.82) is 0 Å². The Labute approximate surface area is 376 Å². The van der Waals surface area contributed by atoms with E-state index in [1.54, 1.807) is 6.92 Å². The lowest BCUT2D eigenvalue weighted by Crippen LogP contribution is -2.43. The van der Waals surface area contributed by atoms with Crippen molar-refractivity contribution >= 4 is 17.6 Å². The molecule has 6 bridgehead atoms. The lowest BCUT2D eigenvalue weighted by atomic mass is 9.70. The molecule has 12 nitrogen and oxygen atoms in total. The van der Waals surface area contributed by atoms with Crippen molar-refractivity contribution in [2.45, 2.75) is 194 Å². The maximum atomic E-state index is 11.8. The molecule has 6 aliphatic carbocycles. The van der Waals surface area contributed by atoms with Gasteiger partial charge in [0.05, 0.1) is 44.7 Å². The van der Waals surface area contributed by atoms with Crippen LogP contribution in [0.5, 0.6) is 0 Å². The summed E-state index contributed by atoms with van der Waals surface area (Å²) in [6.07, 6.45) is 10.4. The van der Waals surface area contributed by atoms with E-state index in [1.807, 2.05) is 0 Å². The fourth-order valence-electron chi connectivity index (χ4n) is 15.0. The normalized spacial score (nSPS) is 47.8. The maximum Gasteiger partial charge on any atom is 0.333 e. The third-order valence-electron chi connectivity index (χ3n) is 18.2. The van der Waals surface area contributed by atoms with Crippen molar-refractivity contribution in [3.63, 3.8) is 0 Å². The molecule has 0 aromatic heterocycles. The van der Waals surface area contributed by atoms with Gasteiger partial charge in [0.15, 0.2) is 6.10 Å². The van der Waals surface area contributed by atoms with Crippen molar-refractivity contribution in [3.05, 3.63) is 12.2 Å². The molecule has 13 heteroatoms. The zero-order valence-electron chi connectivity index (χ0n) is 39.4. The van der Waals surface area contributed by atoms with Gasteiger partial charge in [-0.3, -0.25) is 0 Å². The molecule has 10 fully saturated rings. The van der Waals surface area contributed by atoms with Gasteiger partial charge < -0.3 is 52.5 Å². The van der Waals surface area contributed by atoms with Crippen LogP contribution in [0.3, 0.4) is 0 Å². The zero-order chi connectivity index (χ0) is 44.6. The minimum absolute atomic E-state index is 0.128. The Hall–Kier alpha value is -0.900. The number of aliphatic hydroxyl groups excluding tert-OH is 1. The standard InChI is InChI=1S/C21H32O6.C17H28O5.C11H19ClO/c1-12(2)18(22)27-15-10-24-16-14(9-23-17(15)16)25-11-26-19-20(3,4)13-6-7-21(19,5)8-13;1-16(2)10-4-5-17(3,6-10)15(16)22-9-21-12-8-20-13-11(18)7-19-14(12)13;1-10(2)8-4-5-11(3,6-8)9(10)13-7-12/h13-17,19H,1,6-11H2,2-5H3;10-15,18H,4-9H2,1-3H3;8-9H,4-7H2,1-3H3/t13?,14-,15+,16-,17-,19?,21?;10?,11-,12+,13+,14+,15?,17?;/m10./s1. The highest BCUT2D eigenvalue weighted by atomic mass is 35.5. The second-order valence-electron chi connectivity index (χ2n) is 23.6. The summed E-state index contributed by atoms with van der Waals surface area (Å²) in [5, 5.41) is 9.75. The first-order valence-electron chi connectivity index (χ1n) is 23.8. The van der Waals surface area contributed by atoms with Crippen LogP contribution >= 0.6 is 11.6 Å². The number of hydrogen-bond donors (Lipinski definition) is 1. The summed E-state index contributed by atoms with van der Waals surface area (Å²) in [5.41, 5.74) is 2.09. The van der Waals surface area contributed by atoms with Crippen molar-refractivity contribution < 1.29 is 57.3 Å². The molecule has 0 amide bonds. The van der Waals surface area contributed by atoms with E-state index in [0.717, 1.165) is 17.8 Å². The largest absolute Gasteiger partial charge is 0.454 e. The molecule has 0 aromatic rings. The second kappa shape index (κ2) is 17.6. The molecule has 9 unspecified atom stereocenters. The number of aliphatic hydroxyl groups is 1. The average Bonchev–Trinajstić information content (AvgIpc) is 4.07. The molecule has 1 N–H and O–H groups in total. The Kier molecular flexibility index (Phi) is 13.5. The van der Waals surface area contributed by atoms with Crippen molar-refractivity contribution in [1.82, 2.24) is 0 Å². The first kappa shape index (κ1) is 47.6. The van der Waals surface area contributed by atoms with Gasteiger partial charge in [-0.2, -0.15) is 0 Å². The van der Waals surface area contributed by atoms with Gasteiger partial charge in [0.25, 0.3) is 0 Å². The van der Waals surface area contributed by atoms with E-state index in [0.29, 0.717) is 60.4 Å². The fourth-order valence-corrected chi connectivity index (χ4v) is 15.1. The molecule has 4 saturated heterocycles. The highest BCUT2D eigenvalue weighted by Crippen LogP contribution is 2.65. The van der Waals surface area contributed by atoms with Crippen LogP contribution in [0.15, 0.2) is 12.2 Å². The number of hydrogen-bond acceptors (Lipinski definition) is 12. The van der Waals surface area contributed by atoms with Crippen molar-refractivity contribution in [2.75, 3.05) is 46.1 Å². The monoisotopic (exact) mass is 895 g/mol. The third kappa shape index (κ3) is 8.51. The molecular formula is C49H79ClO12. The summed E-state index contributed by atoms with van der Waals surface area (Å²) < 4.78 is 58.2. The van der Waals surface area contributed by atoms with Crippen LogP contribution in [0.4, 0.5) is 0 Å². The number of alkyl halides is 1. The lowest BCUT2D eigenvalue weighted by Gasteiger charge is -2.42. The summed E-state index contributed by atoms with van der Waals surface area (Å²) in [5.74, 6) is 1.96. The van der Waals surface area contributed by atoms with Crippen molar-refractivity contribution in [3.8, 4) is 0 Å². The first-order valence-corrected chi connectivity index (χ1v) is 24.3. The smallest absolute Gasteiger partial charge is 0.333 e. The predicted octanol–water partition coefficient (Wildman–Crippen LogP) is 7.98. The van der Waals surface area contributed by atoms with Crippen LogP contribution in [0.1, 0.15) is 127 Å². The van der Waals surface area contributed by atoms with E-state index in [-0.39, 0.29) is 78.7 Å². The summed E-state index contributed by atoms with van der Waals surface area (Å²) in [7, 11) is 0. The highest BCUT2D eigenvalue weighted by molar-refractivity contribution is 6.17. The van der Waals surface area contributed by atoms with Gasteiger partial charge in [-0.25, -0.2) is 4.79 Å². The summed E-state index contributed by atoms with van der Waals surface area (Å²) in [6.45, 7) is 28.4. The second-order valence-corrected chi connectivity index (χ2v) is 23.8. The van der Waals surface area contributed by atoms with Crippen LogP contribution in [0, 0.1) is 50.2 Å². The maximum absolute atomic E-state index is 11.8. The number of fused-ring (bicyclic) bond motifs is 8. The van der Waals surface area contributed by atoms with Gasteiger partial charge in [0, 0.05) is 5.57 Å². The number of carbonyl (C=O) groups excluding carboxylic acids is 1. The van der Waals surface area contributed by atoms with Gasteiger partial charge in [0.1, 0.15) is 62.4 Å². The van der Waals surface area contributed by atoms with Gasteiger partial charge in [-0.15, -0.1) is 0 Å². The minimum atomic E-state index is -0.525. The van der Waals surface area contributed by atoms with E-state index in [2.05, 4.69) is 68.9 Å². The molecule has 4 aliphatic heterocycles. The van der Waals surface area contributed by atoms with Crippen LogP contribution in [-0.4, -0.2) is 124 Å². The van der Waals surface area contributed by atoms with E-state index in [1.165, 1.54) is 57.8 Å². The predicted molar refractivity (Wildman–Crippen MR) is 232 cm³/mol. The quantitative estimate of drug-likeness (QED) is 0.0883. The molecule has 0 radical (unpaired) electrons. The number of esters is 1. The van der Waals surface area contributed by atoms with E-state index in [9.17, 15) is 9.90 Å². The first-order chi connectivity index (χ1) is 29.1. The topological polar surface area (TPSA) is 130 Å². The van der Waals surface area contributed by atoms with Gasteiger partial charge in [-0.1, -0.05) is 80.5 Å². The SMILES string of the molecule is C=C(C)C(=O)O[C@H]1CO[C@H]2[C@@H]1OC[C@H]2OCOC1C2(C)CCC(C2)C1(C)C.CC12CCC(C1)C(C)(C)C2OCCl.CC12CCC(C1)C(C)(C)C2OCO[C@@H]1CO[C@H]2[C@@H]1OC[C@@H]2O. The molecular weight excluding hydrogens is 816 g/mol. The molecule has 17 atom stereocenters. The fraction of sp³-hybridized carbons (Fsp3) is 0.939. The molecule has 354 valence electrons. The Bertz CT molecular complexity index is 1610. The number of ether oxygens (including phenoxy) is 10. The van der Waals surface area contributed by atoms with Crippen LogP contribution in [0.2, 0.25) is 0 Å². The van der Waals surface area contributed by atoms with Crippen LogP contribution in [0.25, 0.3) is 0 Å². The molecule has 0 aromatic carbocycles. The van der Waals surface area contributed by atoms with E-state index in [4.69, 9.17) is 59.0 Å². The van der Waals surface area contributed by atoms with E-state index < -0.39 is 18.2 Å². The molecule has 10 rings (SSSR count). The number of rotatable bonds is 12. The van der Waals surface area contributed by atoms with Crippen LogP contribution in [-0.2, 0) is 52.2 Å². The van der Waals surface area contributed by atoms with Crippen molar-refractivity contribution in [2.24, 2.45) is 50.2 Å². The number of halogens is 1. The molecule has 10 aliphatic rings. The summed E-state index contributed by atoms with van der Waals surface area (Å²) in [6, 6.07) is 0.344. The summed E-state index contributed by atoms with van der Waals surface area (Å²) in [4.78, 5) is 11.8. The third-order valence-corrected chi connectivity index (χ3v) is 18.4. The Balaban J connectivity index is 0.000000136. The zero-order valence-corrected chi connectivity index (χ0v) is 40.2. The van der Waals surface area contributed by atoms with Gasteiger partial charge >= 0.3 is 5.97 Å². The Morgan fingerprint density at radius 2 is 0.952 bits per heavy atom. The number of carbonyl (C=O) groups is 1. The Morgan fingerprint density at radius 3 is 1.35 bits per heavy atom. The highest BCUT2D eigenvalue weighted by Gasteiger charge is 2.62. The van der Waals surface area contributed by atoms with Gasteiger partial charge in [-0.05, 0) is 115 Å². The van der Waals surface area contributed by atoms with Gasteiger partial charge in [0.2, 0.25) is 0 Å². The average molecular weight is 896 g/mol. The molecule has 6 saturated carbocycles. The molecule has 4 heterocycles. The Morgan fingerprint density at radius 1 is 0.581 bits per heavy atom. The van der Waals surface area contributed by atoms with Crippen LogP contribution < -0.4 is 0 Å². The summed E-state index contributed by atoms with van der Waals surface area (Å²) >= 11 is 5.69. The molecule has 0 spiro atoms. The minimum Gasteiger partial charge on any atom is -0.454 e.